The fourth-order valence-electron chi connectivity index (χ4n) is 6.21. The number of hydrogen-bond acceptors (Lipinski definition) is 9. The standard InChI is InChI=1S/C37H44N4O8/c1-8-23-19-37(23,34(44)45)40-32(42)29-17-25(20-41(29)33(43)31(21(2)3)39-35(46)49-36(4,5)6)48-30-18-27(22-12-10-9-11-13-22)38-28-16-24(47-7)14-15-26(28)30/h1,9-16,18,21,23,25,29,31-32,40,42H,17,19-20H2,2-7H3,(H,39,46)(H,44,45)/t23?,25-,29-,31+,32?,37?/m1/s1. The van der Waals surface area contributed by atoms with E-state index in [0.29, 0.717) is 28.1 Å². The first kappa shape index (κ1) is 35.4. The average Bonchev–Trinajstić information content (AvgIpc) is 3.61. The molecular weight excluding hydrogens is 628 g/mol. The predicted molar refractivity (Wildman–Crippen MR) is 183 cm³/mol. The number of aliphatic hydroxyl groups is 1. The zero-order chi connectivity index (χ0) is 35.7. The molecular formula is C37H44N4O8. The SMILES string of the molecule is C#CC1CC1(NC(O)[C@H]1C[C@@H](Oc2cc(-c3ccccc3)nc3cc(OC)ccc23)CN1C(=O)[C@@H](NC(=O)OC(C)(C)C)C(C)C)C(=O)O. The number of carboxylic acids is 1. The van der Waals surface area contributed by atoms with Crippen LogP contribution in [0, 0.1) is 24.2 Å². The van der Waals surface area contributed by atoms with Crippen LogP contribution in [0.4, 0.5) is 4.79 Å². The van der Waals surface area contributed by atoms with Crippen LogP contribution in [-0.2, 0) is 14.3 Å². The number of hydrogen-bond donors (Lipinski definition) is 4. The number of pyridine rings is 1. The van der Waals surface area contributed by atoms with Gasteiger partial charge in [0.2, 0.25) is 5.91 Å². The van der Waals surface area contributed by atoms with Crippen molar-refractivity contribution in [2.24, 2.45) is 11.8 Å². The summed E-state index contributed by atoms with van der Waals surface area (Å²) >= 11 is 0. The van der Waals surface area contributed by atoms with Gasteiger partial charge < -0.3 is 34.6 Å². The lowest BCUT2D eigenvalue weighted by atomic mass is 10.0. The van der Waals surface area contributed by atoms with Crippen molar-refractivity contribution in [3.8, 4) is 35.1 Å². The molecule has 0 radical (unpaired) electrons. The molecule has 2 aromatic carbocycles. The quantitative estimate of drug-likeness (QED) is 0.172. The molecule has 2 fully saturated rings. The minimum atomic E-state index is -1.51. The van der Waals surface area contributed by atoms with Crippen molar-refractivity contribution in [2.45, 2.75) is 83.0 Å². The Hall–Kier alpha value is -4.86. The van der Waals surface area contributed by atoms with Gasteiger partial charge in [0.15, 0.2) is 0 Å². The molecule has 1 aliphatic heterocycles. The third-order valence-electron chi connectivity index (χ3n) is 8.85. The van der Waals surface area contributed by atoms with Crippen molar-refractivity contribution in [1.29, 1.82) is 0 Å². The van der Waals surface area contributed by atoms with Crippen molar-refractivity contribution < 1.29 is 38.8 Å². The van der Waals surface area contributed by atoms with E-state index >= 15 is 0 Å². The summed E-state index contributed by atoms with van der Waals surface area (Å²) in [5.74, 6) is 0.974. The maximum atomic E-state index is 14.2. The number of nitrogens with zero attached hydrogens (tertiary/aromatic N) is 2. The van der Waals surface area contributed by atoms with Gasteiger partial charge in [-0.05, 0) is 45.2 Å². The van der Waals surface area contributed by atoms with Crippen LogP contribution in [0.2, 0.25) is 0 Å². The summed E-state index contributed by atoms with van der Waals surface area (Å²) in [7, 11) is 1.58. The van der Waals surface area contributed by atoms with Crippen LogP contribution in [0.3, 0.4) is 0 Å². The minimum absolute atomic E-state index is 0.0424. The zero-order valence-electron chi connectivity index (χ0n) is 28.6. The van der Waals surface area contributed by atoms with Gasteiger partial charge in [-0.25, -0.2) is 9.78 Å². The smallest absolute Gasteiger partial charge is 0.408 e. The average molecular weight is 673 g/mol. The third kappa shape index (κ3) is 7.74. The molecule has 2 amide bonds. The van der Waals surface area contributed by atoms with Gasteiger partial charge >= 0.3 is 12.1 Å². The summed E-state index contributed by atoms with van der Waals surface area (Å²) in [6, 6.07) is 15.0. The summed E-state index contributed by atoms with van der Waals surface area (Å²) in [5.41, 5.74) is -0.127. The van der Waals surface area contributed by atoms with Crippen molar-refractivity contribution in [1.82, 2.24) is 20.5 Å². The molecule has 0 spiro atoms. The molecule has 12 nitrogen and oxygen atoms in total. The predicted octanol–water partition coefficient (Wildman–Crippen LogP) is 4.19. The van der Waals surface area contributed by atoms with Crippen molar-refractivity contribution >= 4 is 28.9 Å². The molecule has 1 aromatic heterocycles. The van der Waals surface area contributed by atoms with Crippen LogP contribution in [0.1, 0.15) is 47.5 Å². The Balaban J connectivity index is 1.48. The van der Waals surface area contributed by atoms with Crippen LogP contribution in [0.5, 0.6) is 11.5 Å². The van der Waals surface area contributed by atoms with Crippen molar-refractivity contribution in [3.05, 3.63) is 54.6 Å². The molecule has 4 N–H and O–H groups in total. The number of carbonyl (C=O) groups excluding carboxylic acids is 2. The second-order valence-electron chi connectivity index (χ2n) is 13.9. The number of aliphatic carboxylic acids is 1. The fraction of sp³-hybridized carbons (Fsp3) is 0.459. The molecule has 1 aliphatic carbocycles. The normalized spacial score (nSPS) is 23.0. The van der Waals surface area contributed by atoms with E-state index in [1.165, 1.54) is 4.90 Å². The number of carbonyl (C=O) groups is 3. The van der Waals surface area contributed by atoms with Crippen LogP contribution in [-0.4, -0.2) is 87.3 Å². The number of ether oxygens (including phenoxy) is 3. The molecule has 0 bridgehead atoms. The molecule has 1 saturated carbocycles. The summed E-state index contributed by atoms with van der Waals surface area (Å²) in [6.45, 7) is 8.79. The lowest BCUT2D eigenvalue weighted by Crippen LogP contribution is -2.59. The van der Waals surface area contributed by atoms with Crippen molar-refractivity contribution in [3.63, 3.8) is 0 Å². The number of terminal acetylenes is 1. The molecule has 1 saturated heterocycles. The number of carboxylic acid groups (broad SMARTS) is 1. The van der Waals surface area contributed by atoms with E-state index in [4.69, 9.17) is 25.6 Å². The number of benzene rings is 2. The van der Waals surface area contributed by atoms with Crippen LogP contribution in [0.15, 0.2) is 54.6 Å². The molecule has 6 atom stereocenters. The Morgan fingerprint density at radius 1 is 1.12 bits per heavy atom. The van der Waals surface area contributed by atoms with E-state index in [1.54, 1.807) is 47.8 Å². The van der Waals surface area contributed by atoms with Crippen molar-refractivity contribution in [2.75, 3.05) is 13.7 Å². The molecule has 12 heteroatoms. The fourth-order valence-corrected chi connectivity index (χ4v) is 6.21. The second-order valence-corrected chi connectivity index (χ2v) is 13.9. The van der Waals surface area contributed by atoms with Gasteiger partial charge in [-0.15, -0.1) is 12.3 Å². The Morgan fingerprint density at radius 3 is 2.43 bits per heavy atom. The summed E-state index contributed by atoms with van der Waals surface area (Å²) in [5, 5.41) is 27.7. The van der Waals surface area contributed by atoms with Gasteiger partial charge in [0.1, 0.15) is 41.0 Å². The summed E-state index contributed by atoms with van der Waals surface area (Å²) in [6.07, 6.45) is 2.99. The lowest BCUT2D eigenvalue weighted by Gasteiger charge is -2.34. The number of nitrogens with one attached hydrogen (secondary N) is 2. The highest BCUT2D eigenvalue weighted by molar-refractivity contribution is 5.89. The molecule has 2 heterocycles. The van der Waals surface area contributed by atoms with E-state index in [-0.39, 0.29) is 25.3 Å². The van der Waals surface area contributed by atoms with Crippen LogP contribution in [0.25, 0.3) is 22.2 Å². The Labute approximate surface area is 286 Å². The number of aliphatic hydroxyl groups excluding tert-OH is 1. The largest absolute Gasteiger partial charge is 0.497 e. The Bertz CT molecular complexity index is 1750. The van der Waals surface area contributed by atoms with Gasteiger partial charge in [0.05, 0.1) is 36.8 Å². The zero-order valence-corrected chi connectivity index (χ0v) is 28.6. The van der Waals surface area contributed by atoms with Gasteiger partial charge in [-0.3, -0.25) is 14.9 Å². The number of methoxy groups -OCH3 is 1. The van der Waals surface area contributed by atoms with Gasteiger partial charge in [-0.2, -0.15) is 0 Å². The summed E-state index contributed by atoms with van der Waals surface area (Å²) in [4.78, 5) is 45.5. The maximum Gasteiger partial charge on any atom is 0.408 e. The molecule has 3 aromatic rings. The third-order valence-corrected chi connectivity index (χ3v) is 8.85. The van der Waals surface area contributed by atoms with Crippen LogP contribution < -0.4 is 20.1 Å². The first-order valence-corrected chi connectivity index (χ1v) is 16.3. The number of alkyl carbamates (subject to hydrolysis) is 1. The first-order chi connectivity index (χ1) is 23.2. The molecule has 49 heavy (non-hydrogen) atoms. The van der Waals surface area contributed by atoms with E-state index < -0.39 is 59.4 Å². The van der Waals surface area contributed by atoms with Gasteiger partial charge in [0, 0.05) is 29.5 Å². The van der Waals surface area contributed by atoms with E-state index in [0.717, 1.165) is 5.56 Å². The Kier molecular flexibility index (Phi) is 10.1. The molecule has 260 valence electrons. The highest BCUT2D eigenvalue weighted by Crippen LogP contribution is 2.44. The second kappa shape index (κ2) is 13.9. The molecule has 3 unspecified atom stereocenters. The van der Waals surface area contributed by atoms with E-state index in [2.05, 4.69) is 16.6 Å². The highest BCUT2D eigenvalue weighted by atomic mass is 16.6. The number of rotatable bonds is 11. The molecule has 2 aliphatic rings. The number of amides is 2. The first-order valence-electron chi connectivity index (χ1n) is 16.3. The lowest BCUT2D eigenvalue weighted by molar-refractivity contribution is -0.143. The highest BCUT2D eigenvalue weighted by Gasteiger charge is 2.62. The van der Waals surface area contributed by atoms with E-state index in [9.17, 15) is 24.6 Å². The number of fused-ring (bicyclic) bond motifs is 1. The minimum Gasteiger partial charge on any atom is -0.497 e. The van der Waals surface area contributed by atoms with E-state index in [1.807, 2.05) is 48.5 Å². The van der Waals surface area contributed by atoms with Gasteiger partial charge in [-0.1, -0.05) is 44.2 Å². The maximum absolute atomic E-state index is 14.2. The Morgan fingerprint density at radius 2 is 1.84 bits per heavy atom. The monoisotopic (exact) mass is 672 g/mol. The number of aromatic nitrogens is 1. The molecule has 5 rings (SSSR count). The summed E-state index contributed by atoms with van der Waals surface area (Å²) < 4.78 is 17.5. The topological polar surface area (TPSA) is 160 Å². The van der Waals surface area contributed by atoms with Crippen LogP contribution >= 0.6 is 0 Å². The van der Waals surface area contributed by atoms with Gasteiger partial charge in [0.25, 0.3) is 0 Å². The number of likely N-dealkylation sites (tertiary alicyclic amines) is 1.